The van der Waals surface area contributed by atoms with Crippen molar-refractivity contribution in [2.24, 2.45) is 0 Å². The summed E-state index contributed by atoms with van der Waals surface area (Å²) in [7, 11) is -4.15. The number of nitrogens with one attached hydrogen (secondary N) is 4. The molecule has 2 atom stereocenters. The predicted octanol–water partition coefficient (Wildman–Crippen LogP) is 3.70. The molecule has 2 saturated heterocycles. The molecule has 2 aliphatic heterocycles. The van der Waals surface area contributed by atoms with Crippen molar-refractivity contribution in [1.82, 2.24) is 10.0 Å². The highest BCUT2D eigenvalue weighted by Gasteiger charge is 2.36. The number of hydrogen-bond acceptors (Lipinski definition) is 5. The van der Waals surface area contributed by atoms with Crippen LogP contribution < -0.4 is 20.7 Å². The van der Waals surface area contributed by atoms with E-state index in [1.165, 1.54) is 37.3 Å². The Morgan fingerprint density at radius 1 is 1.12 bits per heavy atom. The first-order valence-corrected chi connectivity index (χ1v) is 12.1. The molecule has 0 spiro atoms. The molecule has 0 saturated carbocycles. The molecule has 0 aromatic heterocycles. The first kappa shape index (κ1) is 22.8. The van der Waals surface area contributed by atoms with E-state index in [-0.39, 0.29) is 40.1 Å². The average molecular weight is 483 g/mol. The fourth-order valence-electron chi connectivity index (χ4n) is 4.35. The highest BCUT2D eigenvalue weighted by molar-refractivity contribution is 7.89. The molecule has 2 aromatic rings. The Morgan fingerprint density at radius 3 is 2.47 bits per heavy atom. The molecule has 11 heteroatoms. The van der Waals surface area contributed by atoms with Crippen molar-refractivity contribution >= 4 is 39.0 Å². The SMILES string of the molecule is Cc1c(F)cccc1NC(=O)Nc1ccc(Cl)c(S(=O)(=O)NC2C[C@@H]3CC[C@@H](C2)N3)c1O. The number of benzene rings is 2. The van der Waals surface area contributed by atoms with Crippen LogP contribution in [0.3, 0.4) is 0 Å². The van der Waals surface area contributed by atoms with Gasteiger partial charge in [-0.3, -0.25) is 0 Å². The average Bonchev–Trinajstić information content (AvgIpc) is 3.05. The second-order valence-electron chi connectivity index (χ2n) is 8.19. The number of carbonyl (C=O) groups is 1. The van der Waals surface area contributed by atoms with Gasteiger partial charge in [0, 0.05) is 29.4 Å². The predicted molar refractivity (Wildman–Crippen MR) is 120 cm³/mol. The minimum atomic E-state index is -4.15. The molecule has 2 amide bonds. The Morgan fingerprint density at radius 2 is 1.78 bits per heavy atom. The molecule has 2 heterocycles. The third-order valence-corrected chi connectivity index (χ3v) is 7.93. The standard InChI is InChI=1S/C21H24ClFN4O4S/c1-11-16(23)3-2-4-17(11)25-21(29)26-18-8-7-15(22)20(19(18)28)32(30,31)27-14-9-12-5-6-13(10-14)24-12/h2-4,7-8,12-14,24,27-28H,5-6,9-10H2,1H3,(H2,25,26,29)/t12-,13-/m0/s1. The smallest absolute Gasteiger partial charge is 0.323 e. The van der Waals surface area contributed by atoms with Crippen LogP contribution in [0.5, 0.6) is 5.75 Å². The Kier molecular flexibility index (Phi) is 6.30. The number of urea groups is 1. The molecule has 0 radical (unpaired) electrons. The Balaban J connectivity index is 1.53. The van der Waals surface area contributed by atoms with Crippen LogP contribution in [0, 0.1) is 12.7 Å². The van der Waals surface area contributed by atoms with Crippen LogP contribution in [-0.2, 0) is 10.0 Å². The summed E-state index contributed by atoms with van der Waals surface area (Å²) in [6.07, 6.45) is 3.32. The molecular formula is C21H24ClFN4O4S. The molecule has 0 unspecified atom stereocenters. The largest absolute Gasteiger partial charge is 0.504 e. The topological polar surface area (TPSA) is 120 Å². The highest BCUT2D eigenvalue weighted by Crippen LogP contribution is 2.38. The van der Waals surface area contributed by atoms with Crippen LogP contribution in [0.1, 0.15) is 31.2 Å². The Labute approximate surface area is 190 Å². The van der Waals surface area contributed by atoms with Crippen molar-refractivity contribution in [2.45, 2.75) is 55.6 Å². The second kappa shape index (κ2) is 8.86. The molecule has 32 heavy (non-hydrogen) atoms. The van der Waals surface area contributed by atoms with Crippen molar-refractivity contribution in [3.63, 3.8) is 0 Å². The summed E-state index contributed by atoms with van der Waals surface area (Å²) in [6, 6.07) is 6.30. The quantitative estimate of drug-likeness (QED) is 0.416. The summed E-state index contributed by atoms with van der Waals surface area (Å²) < 4.78 is 42.4. The lowest BCUT2D eigenvalue weighted by Gasteiger charge is -2.29. The number of anilines is 2. The van der Waals surface area contributed by atoms with Gasteiger partial charge in [-0.1, -0.05) is 17.7 Å². The zero-order valence-electron chi connectivity index (χ0n) is 17.3. The molecular weight excluding hydrogens is 459 g/mol. The van der Waals surface area contributed by atoms with E-state index in [1.54, 1.807) is 0 Å². The van der Waals surface area contributed by atoms with Crippen LogP contribution >= 0.6 is 11.6 Å². The number of piperidine rings is 1. The van der Waals surface area contributed by atoms with E-state index >= 15 is 0 Å². The van der Waals surface area contributed by atoms with Crippen LogP contribution in [0.4, 0.5) is 20.6 Å². The maximum atomic E-state index is 13.7. The van der Waals surface area contributed by atoms with E-state index in [4.69, 9.17) is 11.6 Å². The molecule has 2 fully saturated rings. The fourth-order valence-corrected chi connectivity index (χ4v) is 6.25. The van der Waals surface area contributed by atoms with Crippen LogP contribution in [0.2, 0.25) is 5.02 Å². The first-order chi connectivity index (χ1) is 15.1. The number of carbonyl (C=O) groups excluding carboxylic acids is 1. The van der Waals surface area contributed by atoms with Crippen molar-refractivity contribution in [3.05, 3.63) is 46.7 Å². The summed E-state index contributed by atoms with van der Waals surface area (Å²) in [6.45, 7) is 1.51. The number of aromatic hydroxyl groups is 1. The van der Waals surface area contributed by atoms with E-state index in [2.05, 4.69) is 20.7 Å². The minimum Gasteiger partial charge on any atom is -0.504 e. The van der Waals surface area contributed by atoms with E-state index in [9.17, 15) is 22.7 Å². The molecule has 5 N–H and O–H groups in total. The Hall–Kier alpha value is -2.40. The molecule has 0 aliphatic carbocycles. The van der Waals surface area contributed by atoms with Crippen LogP contribution in [0.25, 0.3) is 0 Å². The van der Waals surface area contributed by atoms with Gasteiger partial charge in [-0.15, -0.1) is 0 Å². The lowest BCUT2D eigenvalue weighted by atomic mass is 10.0. The number of halogens is 2. The van der Waals surface area contributed by atoms with Gasteiger partial charge in [0.15, 0.2) is 5.75 Å². The van der Waals surface area contributed by atoms with Crippen molar-refractivity contribution in [3.8, 4) is 5.75 Å². The van der Waals surface area contributed by atoms with Crippen LogP contribution in [-0.4, -0.2) is 37.7 Å². The second-order valence-corrected chi connectivity index (χ2v) is 10.2. The maximum absolute atomic E-state index is 13.7. The lowest BCUT2D eigenvalue weighted by molar-refractivity contribution is 0.262. The number of fused-ring (bicyclic) bond motifs is 2. The van der Waals surface area contributed by atoms with Crippen molar-refractivity contribution < 1.29 is 22.7 Å². The molecule has 2 aromatic carbocycles. The summed E-state index contributed by atoms with van der Waals surface area (Å²) in [4.78, 5) is 11.9. The summed E-state index contributed by atoms with van der Waals surface area (Å²) in [5, 5.41) is 18.8. The molecule has 4 rings (SSSR count). The monoisotopic (exact) mass is 482 g/mol. The Bertz CT molecular complexity index is 1150. The van der Waals surface area contributed by atoms with Gasteiger partial charge < -0.3 is 21.1 Å². The van der Waals surface area contributed by atoms with Gasteiger partial charge in [0.2, 0.25) is 10.0 Å². The van der Waals surface area contributed by atoms with Gasteiger partial charge in [0.05, 0.1) is 10.7 Å². The molecule has 172 valence electrons. The summed E-state index contributed by atoms with van der Waals surface area (Å²) >= 11 is 6.12. The van der Waals surface area contributed by atoms with Gasteiger partial charge in [-0.2, -0.15) is 0 Å². The third kappa shape index (κ3) is 4.68. The number of phenols is 1. The minimum absolute atomic E-state index is 0.147. The maximum Gasteiger partial charge on any atom is 0.323 e. The number of phenolic OH excluding ortho intramolecular Hbond substituents is 1. The number of sulfonamides is 1. The van der Waals surface area contributed by atoms with Gasteiger partial charge in [-0.05, 0) is 56.9 Å². The van der Waals surface area contributed by atoms with Crippen molar-refractivity contribution in [2.75, 3.05) is 10.6 Å². The van der Waals surface area contributed by atoms with Gasteiger partial charge >= 0.3 is 6.03 Å². The van der Waals surface area contributed by atoms with Gasteiger partial charge in [-0.25, -0.2) is 22.3 Å². The zero-order valence-corrected chi connectivity index (χ0v) is 18.9. The lowest BCUT2D eigenvalue weighted by Crippen LogP contribution is -2.47. The molecule has 8 nitrogen and oxygen atoms in total. The van der Waals surface area contributed by atoms with Crippen molar-refractivity contribution in [1.29, 1.82) is 0 Å². The van der Waals surface area contributed by atoms with Gasteiger partial charge in [0.1, 0.15) is 10.7 Å². The number of hydrogen-bond donors (Lipinski definition) is 5. The zero-order chi connectivity index (χ0) is 23.0. The number of amides is 2. The molecule has 2 aliphatic rings. The normalized spacial score (nSPS) is 22.5. The summed E-state index contributed by atoms with van der Waals surface area (Å²) in [5.74, 6) is -1.16. The van der Waals surface area contributed by atoms with Gasteiger partial charge in [0.25, 0.3) is 0 Å². The van der Waals surface area contributed by atoms with E-state index in [1.807, 2.05) is 0 Å². The third-order valence-electron chi connectivity index (χ3n) is 5.91. The highest BCUT2D eigenvalue weighted by atomic mass is 35.5. The fraction of sp³-hybridized carbons (Fsp3) is 0.381. The van der Waals surface area contributed by atoms with E-state index in [0.717, 1.165) is 12.8 Å². The first-order valence-electron chi connectivity index (χ1n) is 10.3. The van der Waals surface area contributed by atoms with E-state index in [0.29, 0.717) is 12.8 Å². The number of rotatable bonds is 5. The summed E-state index contributed by atoms with van der Waals surface area (Å²) in [5.41, 5.74) is 0.337. The molecule has 2 bridgehead atoms. The van der Waals surface area contributed by atoms with Crippen LogP contribution in [0.15, 0.2) is 35.2 Å². The van der Waals surface area contributed by atoms with E-state index < -0.39 is 32.5 Å².